The van der Waals surface area contributed by atoms with Crippen molar-refractivity contribution in [2.24, 2.45) is 4.99 Å². The summed E-state index contributed by atoms with van der Waals surface area (Å²) in [5, 5.41) is 5.28. The van der Waals surface area contributed by atoms with Crippen LogP contribution in [0.3, 0.4) is 0 Å². The van der Waals surface area contributed by atoms with Gasteiger partial charge in [0.05, 0.1) is 17.9 Å². The van der Waals surface area contributed by atoms with E-state index in [0.717, 1.165) is 28.2 Å². The first-order chi connectivity index (χ1) is 15.0. The van der Waals surface area contributed by atoms with Crippen molar-refractivity contribution >= 4 is 57.6 Å². The van der Waals surface area contributed by atoms with Crippen molar-refractivity contribution in [3.05, 3.63) is 94.0 Å². The van der Waals surface area contributed by atoms with Gasteiger partial charge in [0, 0.05) is 46.1 Å². The third kappa shape index (κ3) is 5.35. The summed E-state index contributed by atoms with van der Waals surface area (Å²) in [7, 11) is 2.05. The molecule has 1 heterocycles. The van der Waals surface area contributed by atoms with Crippen molar-refractivity contribution in [3.63, 3.8) is 0 Å². The number of aliphatic imine (C=N–C) groups is 1. The topological polar surface area (TPSA) is 56.3 Å². The van der Waals surface area contributed by atoms with Crippen LogP contribution in [0.4, 0.5) is 11.4 Å². The number of hydrogen-bond donors (Lipinski definition) is 3. The van der Waals surface area contributed by atoms with Crippen molar-refractivity contribution in [2.75, 3.05) is 23.9 Å². The van der Waals surface area contributed by atoms with Gasteiger partial charge in [0.25, 0.3) is 5.11 Å². The van der Waals surface area contributed by atoms with Gasteiger partial charge in [0.15, 0.2) is 0 Å². The largest absolute Gasteiger partial charge is 0.370 e. The lowest BCUT2D eigenvalue weighted by molar-refractivity contribution is -0.505. The lowest BCUT2D eigenvalue weighted by Crippen LogP contribution is -2.94. The molecule has 0 spiro atoms. The molecule has 8 heteroatoms. The zero-order valence-electron chi connectivity index (χ0n) is 16.8. The van der Waals surface area contributed by atoms with E-state index in [1.54, 1.807) is 5.43 Å². The third-order valence-electron chi connectivity index (χ3n) is 4.93. The van der Waals surface area contributed by atoms with E-state index in [-0.39, 0.29) is 6.17 Å². The number of thiocarbonyl (C=S) groups is 1. The Kier molecular flexibility index (Phi) is 6.73. The zero-order chi connectivity index (χ0) is 21.8. The van der Waals surface area contributed by atoms with Crippen LogP contribution in [-0.2, 0) is 0 Å². The van der Waals surface area contributed by atoms with Gasteiger partial charge in [-0.1, -0.05) is 53.5 Å². The Morgan fingerprint density at radius 2 is 1.74 bits per heavy atom. The Hall–Kier alpha value is -2.64. The van der Waals surface area contributed by atoms with E-state index in [4.69, 9.17) is 40.4 Å². The summed E-state index contributed by atoms with van der Waals surface area (Å²) in [4.78, 5) is 7.20. The molecular formula is C23H22Cl2N5S+. The van der Waals surface area contributed by atoms with E-state index in [9.17, 15) is 0 Å². The molecule has 1 atom stereocenters. The molecule has 0 saturated heterocycles. The maximum absolute atomic E-state index is 6.33. The van der Waals surface area contributed by atoms with Crippen molar-refractivity contribution in [2.45, 2.75) is 6.17 Å². The summed E-state index contributed by atoms with van der Waals surface area (Å²) in [5.74, 6) is 0. The summed E-state index contributed by atoms with van der Waals surface area (Å²) in [6.45, 7) is 0.653. The fraction of sp³-hybridized carbons (Fsp3) is 0.130. The van der Waals surface area contributed by atoms with Gasteiger partial charge in [-0.25, -0.2) is 5.43 Å². The molecule has 0 fully saturated rings. The second kappa shape index (κ2) is 9.66. The molecule has 3 aromatic carbocycles. The van der Waals surface area contributed by atoms with Crippen LogP contribution in [0.2, 0.25) is 10.0 Å². The number of nitrogen functional groups attached to an aromatic ring is 1. The van der Waals surface area contributed by atoms with E-state index in [1.807, 2.05) is 67.7 Å². The number of benzene rings is 3. The van der Waals surface area contributed by atoms with Crippen LogP contribution in [0.5, 0.6) is 0 Å². The van der Waals surface area contributed by atoms with Gasteiger partial charge in [-0.3, -0.25) is 4.99 Å². The Labute approximate surface area is 197 Å². The molecule has 0 bridgehead atoms. The summed E-state index contributed by atoms with van der Waals surface area (Å²) < 4.78 is 0. The van der Waals surface area contributed by atoms with Crippen LogP contribution >= 0.6 is 35.4 Å². The molecule has 0 saturated carbocycles. The predicted octanol–water partition coefficient (Wildman–Crippen LogP) is 4.07. The first-order valence-electron chi connectivity index (χ1n) is 9.80. The summed E-state index contributed by atoms with van der Waals surface area (Å²) >= 11 is 17.8. The number of benzodiazepines with no additional fused rings is 1. The highest BCUT2D eigenvalue weighted by Gasteiger charge is 2.24. The Bertz CT molecular complexity index is 1100. The molecule has 158 valence electrons. The maximum atomic E-state index is 6.33. The number of hydrogen-bond acceptors (Lipinski definition) is 4. The molecule has 31 heavy (non-hydrogen) atoms. The van der Waals surface area contributed by atoms with E-state index in [1.165, 1.54) is 0 Å². The van der Waals surface area contributed by atoms with Gasteiger partial charge in [-0.05, 0) is 42.5 Å². The first kappa shape index (κ1) is 21.6. The van der Waals surface area contributed by atoms with E-state index >= 15 is 0 Å². The highest BCUT2D eigenvalue weighted by Crippen LogP contribution is 2.29. The van der Waals surface area contributed by atoms with Gasteiger partial charge < -0.3 is 10.2 Å². The van der Waals surface area contributed by atoms with Crippen molar-refractivity contribution in [1.82, 2.24) is 5.32 Å². The summed E-state index contributed by atoms with van der Waals surface area (Å²) in [5.41, 5.74) is 9.84. The number of rotatable bonds is 4. The standard InChI is InChI=1S/C23H21Cl2N5S/c1-30-14-21(27-23(31)29-28-18-10-7-16(24)8-11-18)26-22(15-5-3-2-4-6-15)19-13-17(25)9-12-20(19)30/h2-13,21,28H,14H2,1H3,(H2,27,29,31)/p+1. The van der Waals surface area contributed by atoms with Gasteiger partial charge in [0.2, 0.25) is 0 Å². The van der Waals surface area contributed by atoms with Crippen molar-refractivity contribution in [1.29, 1.82) is 0 Å². The lowest BCUT2D eigenvalue weighted by Gasteiger charge is -2.22. The van der Waals surface area contributed by atoms with Crippen molar-refractivity contribution < 1.29 is 5.43 Å². The quantitative estimate of drug-likeness (QED) is 0.305. The molecule has 0 radical (unpaired) electrons. The number of nitrogens with two attached hydrogens (primary N) is 1. The molecule has 5 nitrogen and oxygen atoms in total. The molecule has 1 aliphatic rings. The number of nitrogens with one attached hydrogen (secondary N) is 2. The number of anilines is 2. The second-order valence-electron chi connectivity index (χ2n) is 7.21. The number of quaternary nitrogens is 1. The minimum absolute atomic E-state index is 0.234. The number of fused-ring (bicyclic) bond motifs is 1. The second-order valence-corrected chi connectivity index (χ2v) is 8.52. The van der Waals surface area contributed by atoms with E-state index in [0.29, 0.717) is 21.7 Å². The smallest absolute Gasteiger partial charge is 0.293 e. The highest BCUT2D eigenvalue weighted by molar-refractivity contribution is 7.79. The van der Waals surface area contributed by atoms with E-state index in [2.05, 4.69) is 27.8 Å². The monoisotopic (exact) mass is 470 g/mol. The number of nitrogens with zero attached hydrogens (tertiary/aromatic N) is 2. The molecule has 4 rings (SSSR count). The SMILES string of the molecule is CN1CC(NC(=S)[NH2+]Nc2ccc(Cl)cc2)N=C(c2ccccc2)c2cc(Cl)ccc21. The van der Waals surface area contributed by atoms with Crippen LogP contribution in [0.1, 0.15) is 11.1 Å². The molecule has 3 aromatic rings. The van der Waals surface area contributed by atoms with E-state index < -0.39 is 0 Å². The summed E-state index contributed by atoms with van der Waals surface area (Å²) in [6, 6.07) is 23.5. The molecule has 1 unspecified atom stereocenters. The zero-order valence-corrected chi connectivity index (χ0v) is 19.2. The minimum Gasteiger partial charge on any atom is -0.370 e. The van der Waals surface area contributed by atoms with Crippen LogP contribution in [0.15, 0.2) is 77.8 Å². The fourth-order valence-electron chi connectivity index (χ4n) is 3.46. The Balaban J connectivity index is 1.57. The Morgan fingerprint density at radius 3 is 2.48 bits per heavy atom. The van der Waals surface area contributed by atoms with Crippen LogP contribution in [0, 0.1) is 0 Å². The molecule has 0 aromatic heterocycles. The van der Waals surface area contributed by atoms with Crippen LogP contribution < -0.4 is 21.1 Å². The Morgan fingerprint density at radius 1 is 1.03 bits per heavy atom. The van der Waals surface area contributed by atoms with Crippen LogP contribution in [-0.4, -0.2) is 30.6 Å². The van der Waals surface area contributed by atoms with Gasteiger partial charge >= 0.3 is 0 Å². The third-order valence-corrected chi connectivity index (χ3v) is 5.65. The average molecular weight is 471 g/mol. The predicted molar refractivity (Wildman–Crippen MR) is 133 cm³/mol. The highest BCUT2D eigenvalue weighted by atomic mass is 35.5. The normalized spacial score (nSPS) is 15.5. The lowest BCUT2D eigenvalue weighted by atomic mass is 10.0. The molecule has 1 aliphatic heterocycles. The fourth-order valence-corrected chi connectivity index (χ4v) is 3.95. The maximum Gasteiger partial charge on any atom is 0.293 e. The van der Waals surface area contributed by atoms with Gasteiger partial charge in [-0.2, -0.15) is 5.43 Å². The van der Waals surface area contributed by atoms with Gasteiger partial charge in [-0.15, -0.1) is 0 Å². The first-order valence-corrected chi connectivity index (χ1v) is 11.0. The van der Waals surface area contributed by atoms with Gasteiger partial charge in [0.1, 0.15) is 6.17 Å². The molecule has 4 N–H and O–H groups in total. The van der Waals surface area contributed by atoms with Crippen molar-refractivity contribution in [3.8, 4) is 0 Å². The summed E-state index contributed by atoms with van der Waals surface area (Å²) in [6.07, 6.45) is -0.234. The number of halogens is 2. The van der Waals surface area contributed by atoms with Crippen LogP contribution in [0.25, 0.3) is 0 Å². The minimum atomic E-state index is -0.234. The molecular weight excluding hydrogens is 449 g/mol. The number of likely N-dealkylation sites (N-methyl/N-ethyl adjacent to an activating group) is 1. The average Bonchev–Trinajstić information content (AvgIpc) is 2.90. The molecule has 0 aliphatic carbocycles. The molecule has 0 amide bonds.